The maximum atomic E-state index is 5.82. The number of aryl methyl sites for hydroxylation is 3. The normalized spacial score (nSPS) is 11.1. The van der Waals surface area contributed by atoms with Gasteiger partial charge in [0.25, 0.3) is 0 Å². The van der Waals surface area contributed by atoms with E-state index in [1.807, 2.05) is 24.3 Å². The fourth-order valence-corrected chi connectivity index (χ4v) is 2.64. The van der Waals surface area contributed by atoms with Crippen LogP contribution in [0.1, 0.15) is 11.1 Å². The number of hydrogen-bond donors (Lipinski definition) is 1. The average molecular weight is 251 g/mol. The largest absolute Gasteiger partial charge is 0.399 e. The van der Waals surface area contributed by atoms with E-state index < -0.39 is 0 Å². The van der Waals surface area contributed by atoms with Crippen LogP contribution in [-0.2, 0) is 7.05 Å². The summed E-state index contributed by atoms with van der Waals surface area (Å²) >= 11 is 0. The number of nitrogens with zero attached hydrogens (tertiary/aromatic N) is 2. The Morgan fingerprint density at radius 2 is 1.84 bits per heavy atom. The lowest BCUT2D eigenvalue weighted by molar-refractivity contribution is 0.953. The summed E-state index contributed by atoms with van der Waals surface area (Å²) in [5.74, 6) is 0.988. The van der Waals surface area contributed by atoms with E-state index >= 15 is 0 Å². The van der Waals surface area contributed by atoms with Crippen LogP contribution in [0.3, 0.4) is 0 Å². The standard InChI is InChI=1S/C16H17N3/c1-10-5-4-6-14-15(10)19(3)16(18-14)13-8-7-12(17)9-11(13)2/h4-9H,17H2,1-3H3. The van der Waals surface area contributed by atoms with Crippen molar-refractivity contribution < 1.29 is 0 Å². The van der Waals surface area contributed by atoms with Crippen molar-refractivity contribution in [2.24, 2.45) is 7.05 Å². The molecule has 0 radical (unpaired) electrons. The zero-order valence-electron chi connectivity index (χ0n) is 11.4. The highest BCUT2D eigenvalue weighted by atomic mass is 15.1. The van der Waals surface area contributed by atoms with E-state index in [0.717, 1.165) is 28.2 Å². The molecule has 0 spiro atoms. The Morgan fingerprint density at radius 1 is 1.05 bits per heavy atom. The molecule has 19 heavy (non-hydrogen) atoms. The molecule has 3 rings (SSSR count). The molecule has 0 saturated heterocycles. The van der Waals surface area contributed by atoms with Crippen molar-refractivity contribution in [3.05, 3.63) is 47.5 Å². The number of rotatable bonds is 1. The lowest BCUT2D eigenvalue weighted by Crippen LogP contribution is -1.96. The summed E-state index contributed by atoms with van der Waals surface area (Å²) in [7, 11) is 2.06. The molecule has 0 aliphatic heterocycles. The van der Waals surface area contributed by atoms with Crippen LogP contribution in [0.2, 0.25) is 0 Å². The molecule has 0 bridgehead atoms. The third-order valence-corrected chi connectivity index (χ3v) is 3.59. The SMILES string of the molecule is Cc1cc(N)ccc1-c1nc2cccc(C)c2n1C. The topological polar surface area (TPSA) is 43.8 Å². The molecular weight excluding hydrogens is 234 g/mol. The Labute approximate surface area is 112 Å². The first-order valence-corrected chi connectivity index (χ1v) is 6.36. The molecule has 2 N–H and O–H groups in total. The van der Waals surface area contributed by atoms with Crippen LogP contribution in [-0.4, -0.2) is 9.55 Å². The second kappa shape index (κ2) is 4.12. The predicted octanol–water partition coefficient (Wildman–Crippen LogP) is 3.44. The van der Waals surface area contributed by atoms with E-state index in [-0.39, 0.29) is 0 Å². The smallest absolute Gasteiger partial charge is 0.141 e. The Bertz CT molecular complexity index is 769. The number of aromatic nitrogens is 2. The number of para-hydroxylation sites is 1. The van der Waals surface area contributed by atoms with Gasteiger partial charge < -0.3 is 10.3 Å². The van der Waals surface area contributed by atoms with Gasteiger partial charge in [0.2, 0.25) is 0 Å². The van der Waals surface area contributed by atoms with Crippen LogP contribution in [0.15, 0.2) is 36.4 Å². The van der Waals surface area contributed by atoms with E-state index in [2.05, 4.69) is 37.6 Å². The van der Waals surface area contributed by atoms with Crippen molar-refractivity contribution in [2.45, 2.75) is 13.8 Å². The Morgan fingerprint density at radius 3 is 2.53 bits per heavy atom. The number of anilines is 1. The fourth-order valence-electron chi connectivity index (χ4n) is 2.64. The van der Waals surface area contributed by atoms with Crippen LogP contribution >= 0.6 is 0 Å². The molecule has 1 heterocycles. The maximum Gasteiger partial charge on any atom is 0.141 e. The van der Waals surface area contributed by atoms with Crippen LogP contribution in [0.4, 0.5) is 5.69 Å². The van der Waals surface area contributed by atoms with Crippen LogP contribution in [0, 0.1) is 13.8 Å². The van der Waals surface area contributed by atoms with Gasteiger partial charge in [-0.3, -0.25) is 0 Å². The summed E-state index contributed by atoms with van der Waals surface area (Å²) in [6, 6.07) is 12.2. The molecule has 0 fully saturated rings. The van der Waals surface area contributed by atoms with E-state index in [9.17, 15) is 0 Å². The third-order valence-electron chi connectivity index (χ3n) is 3.59. The highest BCUT2D eigenvalue weighted by Gasteiger charge is 2.12. The van der Waals surface area contributed by atoms with Crippen molar-refractivity contribution in [3.63, 3.8) is 0 Å². The van der Waals surface area contributed by atoms with Gasteiger partial charge in [-0.15, -0.1) is 0 Å². The van der Waals surface area contributed by atoms with Crippen molar-refractivity contribution in [2.75, 3.05) is 5.73 Å². The van der Waals surface area contributed by atoms with Gasteiger partial charge in [0.15, 0.2) is 0 Å². The predicted molar refractivity (Wildman–Crippen MR) is 80.0 cm³/mol. The number of nitrogens with two attached hydrogens (primary N) is 1. The minimum atomic E-state index is 0.788. The van der Waals surface area contributed by atoms with Crippen molar-refractivity contribution in [1.82, 2.24) is 9.55 Å². The molecule has 0 aliphatic carbocycles. The number of benzene rings is 2. The van der Waals surface area contributed by atoms with E-state index in [1.54, 1.807) is 0 Å². The first-order valence-electron chi connectivity index (χ1n) is 6.36. The molecule has 0 atom stereocenters. The lowest BCUT2D eigenvalue weighted by Gasteiger charge is -2.07. The summed E-state index contributed by atoms with van der Waals surface area (Å²) < 4.78 is 2.16. The first kappa shape index (κ1) is 11.8. The highest BCUT2D eigenvalue weighted by molar-refractivity contribution is 5.84. The molecule has 0 aliphatic rings. The zero-order valence-corrected chi connectivity index (χ0v) is 11.4. The van der Waals surface area contributed by atoms with E-state index in [0.29, 0.717) is 0 Å². The zero-order chi connectivity index (χ0) is 13.6. The van der Waals surface area contributed by atoms with E-state index in [4.69, 9.17) is 10.7 Å². The van der Waals surface area contributed by atoms with Gasteiger partial charge in [-0.05, 0) is 49.2 Å². The van der Waals surface area contributed by atoms with Gasteiger partial charge in [-0.1, -0.05) is 12.1 Å². The molecular formula is C16H17N3. The quantitative estimate of drug-likeness (QED) is 0.673. The van der Waals surface area contributed by atoms with Gasteiger partial charge in [0.1, 0.15) is 5.82 Å². The Kier molecular flexibility index (Phi) is 2.56. The monoisotopic (exact) mass is 251 g/mol. The van der Waals surface area contributed by atoms with Gasteiger partial charge in [-0.25, -0.2) is 4.98 Å². The van der Waals surface area contributed by atoms with Gasteiger partial charge in [0, 0.05) is 18.3 Å². The summed E-state index contributed by atoms with van der Waals surface area (Å²) in [6.45, 7) is 4.18. The molecule has 0 amide bonds. The Hall–Kier alpha value is -2.29. The van der Waals surface area contributed by atoms with Gasteiger partial charge >= 0.3 is 0 Å². The molecule has 3 aromatic rings. The fraction of sp³-hybridized carbons (Fsp3) is 0.188. The van der Waals surface area contributed by atoms with Crippen molar-refractivity contribution in [1.29, 1.82) is 0 Å². The highest BCUT2D eigenvalue weighted by Crippen LogP contribution is 2.28. The molecule has 3 nitrogen and oxygen atoms in total. The minimum absolute atomic E-state index is 0.788. The molecule has 0 unspecified atom stereocenters. The molecule has 3 heteroatoms. The molecule has 0 saturated carbocycles. The van der Waals surface area contributed by atoms with Crippen molar-refractivity contribution in [3.8, 4) is 11.4 Å². The van der Waals surface area contributed by atoms with Crippen molar-refractivity contribution >= 4 is 16.7 Å². The van der Waals surface area contributed by atoms with Crippen LogP contribution in [0.5, 0.6) is 0 Å². The van der Waals surface area contributed by atoms with Crippen LogP contribution in [0.25, 0.3) is 22.4 Å². The summed E-state index contributed by atoms with van der Waals surface area (Å²) in [6.07, 6.45) is 0. The molecule has 2 aromatic carbocycles. The van der Waals surface area contributed by atoms with E-state index in [1.165, 1.54) is 11.1 Å². The summed E-state index contributed by atoms with van der Waals surface area (Å²) in [5.41, 5.74) is 12.4. The third kappa shape index (κ3) is 1.78. The molecule has 1 aromatic heterocycles. The molecule has 96 valence electrons. The number of nitrogen functional groups attached to an aromatic ring is 1. The number of hydrogen-bond acceptors (Lipinski definition) is 2. The Balaban J connectivity index is 2.31. The lowest BCUT2D eigenvalue weighted by atomic mass is 10.1. The second-order valence-corrected chi connectivity index (χ2v) is 5.01. The summed E-state index contributed by atoms with van der Waals surface area (Å²) in [4.78, 5) is 4.76. The minimum Gasteiger partial charge on any atom is -0.399 e. The van der Waals surface area contributed by atoms with Crippen LogP contribution < -0.4 is 5.73 Å². The summed E-state index contributed by atoms with van der Waals surface area (Å²) in [5, 5.41) is 0. The number of fused-ring (bicyclic) bond motifs is 1. The average Bonchev–Trinajstić information content (AvgIpc) is 2.68. The number of imidazole rings is 1. The first-order chi connectivity index (χ1) is 9.08. The maximum absolute atomic E-state index is 5.82. The van der Waals surface area contributed by atoms with Gasteiger partial charge in [0.05, 0.1) is 11.0 Å². The second-order valence-electron chi connectivity index (χ2n) is 5.01. The van der Waals surface area contributed by atoms with Gasteiger partial charge in [-0.2, -0.15) is 0 Å².